The average molecular weight is 1390 g/mol. The molecule has 0 saturated heterocycles. The monoisotopic (exact) mass is 1390 g/mol. The van der Waals surface area contributed by atoms with Gasteiger partial charge in [0, 0.05) is 82.2 Å². The molecular formula is C74H124N10O15. The summed E-state index contributed by atoms with van der Waals surface area (Å²) < 4.78 is 21.4. The minimum absolute atomic E-state index is 0.0193. The first kappa shape index (κ1) is 89.2. The van der Waals surface area contributed by atoms with E-state index in [-0.39, 0.29) is 135 Å². The van der Waals surface area contributed by atoms with Crippen LogP contribution in [0.4, 0.5) is 30.6 Å². The van der Waals surface area contributed by atoms with Crippen molar-refractivity contribution in [2.24, 2.45) is 56.8 Å². The van der Waals surface area contributed by atoms with Gasteiger partial charge >= 0.3 is 30.2 Å². The third-order valence-electron chi connectivity index (χ3n) is 15.8. The Labute approximate surface area is 590 Å². The number of nitrogens with zero attached hydrogens (tertiary/aromatic N) is 1. The number of anilines is 2. The summed E-state index contributed by atoms with van der Waals surface area (Å²) in [5.41, 5.74) is 12.7. The Morgan fingerprint density at radius 3 is 1.32 bits per heavy atom. The van der Waals surface area contributed by atoms with Crippen LogP contribution in [0.2, 0.25) is 0 Å². The molecular weight excluding hydrogens is 1270 g/mol. The van der Waals surface area contributed by atoms with E-state index in [1.807, 2.05) is 27.7 Å². The number of ether oxygens (including phenoxy) is 4. The molecule has 2 aromatic rings. The van der Waals surface area contributed by atoms with Gasteiger partial charge < -0.3 is 72.5 Å². The molecule has 0 spiro atoms. The molecule has 2 aromatic carbocycles. The van der Waals surface area contributed by atoms with Crippen molar-refractivity contribution in [3.05, 3.63) is 59.7 Å². The second kappa shape index (κ2) is 45.8. The topological polar surface area (TPSA) is 364 Å². The minimum Gasteiger partial charge on any atom is -0.463 e. The van der Waals surface area contributed by atoms with Gasteiger partial charge in [-0.2, -0.15) is 0 Å². The van der Waals surface area contributed by atoms with Gasteiger partial charge in [-0.05, 0) is 142 Å². The molecule has 0 aliphatic rings. The van der Waals surface area contributed by atoms with Crippen LogP contribution in [0.3, 0.4) is 0 Å². The summed E-state index contributed by atoms with van der Waals surface area (Å²) in [6.07, 6.45) is 7.26. The number of nitrogens with two attached hydrogens (primary N) is 2. The van der Waals surface area contributed by atoms with Crippen LogP contribution < -0.4 is 48.7 Å². The number of amides is 10. The molecule has 0 saturated carbocycles. The summed E-state index contributed by atoms with van der Waals surface area (Å²) in [6, 6.07) is 10.8. The van der Waals surface area contributed by atoms with Crippen LogP contribution in [0.15, 0.2) is 48.5 Å². The van der Waals surface area contributed by atoms with Gasteiger partial charge in [-0.25, -0.2) is 19.2 Å². The fourth-order valence-corrected chi connectivity index (χ4v) is 9.71. The summed E-state index contributed by atoms with van der Waals surface area (Å²) in [6.45, 7) is 34.2. The third kappa shape index (κ3) is 44.0. The van der Waals surface area contributed by atoms with E-state index in [1.165, 1.54) is 4.90 Å². The Kier molecular flexibility index (Phi) is 41.2. The van der Waals surface area contributed by atoms with E-state index in [1.54, 1.807) is 76.3 Å². The van der Waals surface area contributed by atoms with Crippen LogP contribution in [-0.2, 0) is 65.7 Å². The van der Waals surface area contributed by atoms with E-state index >= 15 is 0 Å². The molecule has 0 bridgehead atoms. The Morgan fingerprint density at radius 2 is 0.899 bits per heavy atom. The predicted molar refractivity (Wildman–Crippen MR) is 386 cm³/mol. The number of rotatable bonds is 42. The number of nitrogens with one attached hydrogen (secondary N) is 7. The number of carbonyl (C=O) groups is 11. The van der Waals surface area contributed by atoms with Crippen LogP contribution in [0, 0.1) is 45.3 Å². The van der Waals surface area contributed by atoms with Gasteiger partial charge in [0.25, 0.3) is 0 Å². The predicted octanol–water partition coefficient (Wildman–Crippen LogP) is 11.6. The van der Waals surface area contributed by atoms with E-state index in [0.717, 1.165) is 50.5 Å². The van der Waals surface area contributed by atoms with Crippen LogP contribution >= 0.6 is 0 Å². The van der Waals surface area contributed by atoms with Crippen molar-refractivity contribution in [1.82, 2.24) is 31.5 Å². The van der Waals surface area contributed by atoms with Crippen molar-refractivity contribution < 1.29 is 71.7 Å². The first-order valence-corrected chi connectivity index (χ1v) is 35.1. The summed E-state index contributed by atoms with van der Waals surface area (Å²) in [5.74, 6) is -3.83. The quantitative estimate of drug-likeness (QED) is 0.0169. The molecule has 0 radical (unpaired) electrons. The Balaban J connectivity index is 0.000000992. The molecule has 0 aliphatic carbocycles. The molecule has 0 unspecified atom stereocenters. The highest BCUT2D eigenvalue weighted by Gasteiger charge is 2.32. The molecule has 99 heavy (non-hydrogen) atoms. The molecule has 11 N–H and O–H groups in total. The van der Waals surface area contributed by atoms with Crippen molar-refractivity contribution in [3.63, 3.8) is 0 Å². The Morgan fingerprint density at radius 1 is 0.475 bits per heavy atom. The van der Waals surface area contributed by atoms with Gasteiger partial charge in [0.2, 0.25) is 23.6 Å². The fraction of sp³-hybridized carbons (Fsp3) is 0.689. The van der Waals surface area contributed by atoms with Gasteiger partial charge in [-0.1, -0.05) is 127 Å². The zero-order chi connectivity index (χ0) is 75.1. The normalized spacial score (nSPS) is 12.8. The zero-order valence-electron chi connectivity index (χ0n) is 62.8. The highest BCUT2D eigenvalue weighted by atomic mass is 16.6. The van der Waals surface area contributed by atoms with Gasteiger partial charge in [0.15, 0.2) is 11.6 Å². The van der Waals surface area contributed by atoms with Crippen LogP contribution in [0.25, 0.3) is 0 Å². The molecule has 4 atom stereocenters. The lowest BCUT2D eigenvalue weighted by molar-refractivity contribution is -0.153. The van der Waals surface area contributed by atoms with Gasteiger partial charge in [-0.15, -0.1) is 0 Å². The van der Waals surface area contributed by atoms with E-state index in [2.05, 4.69) is 99.5 Å². The maximum atomic E-state index is 13.5. The van der Waals surface area contributed by atoms with E-state index < -0.39 is 59.5 Å². The van der Waals surface area contributed by atoms with Crippen molar-refractivity contribution in [2.75, 3.05) is 63.7 Å². The van der Waals surface area contributed by atoms with Crippen LogP contribution in [-0.4, -0.2) is 135 Å². The number of esters is 1. The lowest BCUT2D eigenvalue weighted by atomic mass is 9.89. The molecule has 2 rings (SSSR count). The molecule has 25 nitrogen and oxygen atoms in total. The third-order valence-corrected chi connectivity index (χ3v) is 15.8. The summed E-state index contributed by atoms with van der Waals surface area (Å²) in [4.78, 5) is 139. The number of unbranched alkanes of at least 4 members (excludes halogenated alkanes) is 2. The number of likely N-dealkylation sites (N-methyl/N-ethyl adjacent to an activating group) is 1. The number of primary amides is 2. The number of Topliss-reactive ketones (excluding diaryl/α,β-unsaturated/α-hetero) is 2. The van der Waals surface area contributed by atoms with Gasteiger partial charge in [-0.3, -0.25) is 33.6 Å². The van der Waals surface area contributed by atoms with Crippen LogP contribution in [0.5, 0.6) is 0 Å². The van der Waals surface area contributed by atoms with Crippen molar-refractivity contribution in [1.29, 1.82) is 0 Å². The fourth-order valence-electron chi connectivity index (χ4n) is 9.71. The number of ketones is 2. The molecule has 0 aromatic heterocycles. The highest BCUT2D eigenvalue weighted by molar-refractivity contribution is 5.98. The SMILES string of the molecule is CC(C)[C@@H](NC(=O)CCCCCC(C)(C)C)C(=O)C[C@@H](CCCNC(N)=O)C(=O)Nc1ccc(COC(=O)NCCCC(C)(C)C)cc1.CC(C)[C@@H](NC(=O)CCOCCC(C)(C)C)C(=O)C[C@@H](CCCNC(N)=O)C(=O)Nc1ccc(COC(=O)N(C)CCOC(=O)C(C)(C)C)cc1. The average Bonchev–Trinajstić information content (AvgIpc) is 0.898. The maximum absolute atomic E-state index is 13.5. The Hall–Kier alpha value is -7.83. The van der Waals surface area contributed by atoms with E-state index in [9.17, 15) is 52.7 Å². The van der Waals surface area contributed by atoms with Gasteiger partial charge in [0.05, 0.1) is 30.7 Å². The van der Waals surface area contributed by atoms with Gasteiger partial charge in [0.1, 0.15) is 19.8 Å². The van der Waals surface area contributed by atoms with E-state index in [0.29, 0.717) is 55.8 Å². The number of alkyl carbamates (subject to hydrolysis) is 1. The summed E-state index contributed by atoms with van der Waals surface area (Å²) >= 11 is 0. The lowest BCUT2D eigenvalue weighted by Crippen LogP contribution is -2.45. The highest BCUT2D eigenvalue weighted by Crippen LogP contribution is 2.26. The van der Waals surface area contributed by atoms with Crippen molar-refractivity contribution >= 4 is 76.8 Å². The maximum Gasteiger partial charge on any atom is 0.409 e. The second-order valence-electron chi connectivity index (χ2n) is 30.9. The number of urea groups is 2. The molecule has 10 amide bonds. The number of hydrogen-bond acceptors (Lipinski definition) is 15. The zero-order valence-corrected chi connectivity index (χ0v) is 62.8. The summed E-state index contributed by atoms with van der Waals surface area (Å²) in [7, 11) is 1.54. The smallest absolute Gasteiger partial charge is 0.409 e. The van der Waals surface area contributed by atoms with Crippen LogP contribution in [0.1, 0.15) is 218 Å². The molecule has 560 valence electrons. The first-order chi connectivity index (χ1) is 46.0. The number of benzene rings is 2. The minimum atomic E-state index is -0.786. The number of hydrogen-bond donors (Lipinski definition) is 9. The molecule has 0 heterocycles. The van der Waals surface area contributed by atoms with Crippen molar-refractivity contribution in [2.45, 2.75) is 232 Å². The lowest BCUT2D eigenvalue weighted by Gasteiger charge is -2.24. The Bertz CT molecular complexity index is 2820. The molecule has 25 heteroatoms. The number of carbonyl (C=O) groups excluding carboxylic acids is 11. The van der Waals surface area contributed by atoms with Crippen molar-refractivity contribution in [3.8, 4) is 0 Å². The first-order valence-electron chi connectivity index (χ1n) is 35.1. The molecule has 0 fully saturated rings. The second-order valence-corrected chi connectivity index (χ2v) is 30.9. The standard InChI is InChI=1S/C37H61N5O9.C37H63N5O6/c1-25(2)31(41-30(44)16-20-49-21-17-36(3,4)5)29(43)23-27(11-10-18-39-34(38)47)32(45)40-28-14-12-26(13-15-28)24-51-35(48)42(9)19-22-50-33(46)37(6,7)8;1-26(2)32(42-31(44)15-10-9-11-20-36(3,4)5)30(43)24-28(14-12-22-39-34(38)46)33(45)41-29-18-16-27(17-19-29)25-48-35(47)40-23-13-21-37(6,7)8/h12-15,25,27,31H,10-11,16-24H2,1-9H3,(H,40,45)(H,41,44)(H3,38,39,47);16-19,26,28,32H,9-15,20-25H2,1-8H3,(H,40,47)(H,41,45)(H,42,44)(H3,38,39,46)/t27-,31-;28-,32-/m11/s1. The summed E-state index contributed by atoms with van der Waals surface area (Å²) in [5, 5.41) is 19.2. The molecule has 0 aliphatic heterocycles. The largest absolute Gasteiger partial charge is 0.463 e. The van der Waals surface area contributed by atoms with E-state index in [4.69, 9.17) is 30.4 Å².